The Morgan fingerprint density at radius 2 is 2.00 bits per heavy atom. The van der Waals surface area contributed by atoms with E-state index >= 15 is 0 Å². The van der Waals surface area contributed by atoms with Crippen molar-refractivity contribution in [2.24, 2.45) is 0 Å². The first kappa shape index (κ1) is 13.4. The van der Waals surface area contributed by atoms with E-state index in [1.807, 2.05) is 25.7 Å². The Kier molecular flexibility index (Phi) is 4.87. The van der Waals surface area contributed by atoms with Crippen LogP contribution in [0.15, 0.2) is 12.4 Å². The first-order valence-corrected chi connectivity index (χ1v) is 5.77. The molecule has 1 N–H and O–H groups in total. The molecule has 0 saturated carbocycles. The molecule has 0 aliphatic rings. The molecule has 0 amide bonds. The van der Waals surface area contributed by atoms with E-state index < -0.39 is 5.97 Å². The highest BCUT2D eigenvalue weighted by atomic mass is 16.4. The van der Waals surface area contributed by atoms with E-state index in [9.17, 15) is 4.79 Å². The number of carboxylic acid groups (broad SMARTS) is 1. The maximum absolute atomic E-state index is 10.5. The second-order valence-electron chi connectivity index (χ2n) is 4.34. The SMILES string of the molecule is Cc1cnc(N(CCCC(=O)O)C(C)C)nc1. The number of carboxylic acids is 1. The van der Waals surface area contributed by atoms with Gasteiger partial charge in [-0.2, -0.15) is 0 Å². The summed E-state index contributed by atoms with van der Waals surface area (Å²) in [5.41, 5.74) is 1.02. The summed E-state index contributed by atoms with van der Waals surface area (Å²) in [5, 5.41) is 8.62. The first-order chi connectivity index (χ1) is 8.00. The van der Waals surface area contributed by atoms with Crippen molar-refractivity contribution in [1.82, 2.24) is 9.97 Å². The quantitative estimate of drug-likeness (QED) is 0.818. The Morgan fingerprint density at radius 1 is 1.41 bits per heavy atom. The standard InChI is InChI=1S/C12H19N3O2/c1-9(2)15(6-4-5-11(16)17)12-13-7-10(3)8-14-12/h7-9H,4-6H2,1-3H3,(H,16,17). The average Bonchev–Trinajstić information content (AvgIpc) is 2.25. The molecule has 0 aliphatic heterocycles. The van der Waals surface area contributed by atoms with Crippen LogP contribution < -0.4 is 4.90 Å². The van der Waals surface area contributed by atoms with Gasteiger partial charge in [0.25, 0.3) is 0 Å². The van der Waals surface area contributed by atoms with E-state index in [0.29, 0.717) is 18.9 Å². The molecule has 1 rings (SSSR count). The molecule has 0 aliphatic carbocycles. The van der Waals surface area contributed by atoms with Crippen LogP contribution in [-0.4, -0.2) is 33.6 Å². The van der Waals surface area contributed by atoms with Crippen LogP contribution in [0, 0.1) is 6.92 Å². The van der Waals surface area contributed by atoms with Crippen molar-refractivity contribution >= 4 is 11.9 Å². The number of anilines is 1. The zero-order valence-corrected chi connectivity index (χ0v) is 10.6. The van der Waals surface area contributed by atoms with E-state index in [1.165, 1.54) is 0 Å². The fourth-order valence-corrected chi connectivity index (χ4v) is 1.52. The molecule has 0 unspecified atom stereocenters. The van der Waals surface area contributed by atoms with Gasteiger partial charge in [-0.3, -0.25) is 4.79 Å². The monoisotopic (exact) mass is 237 g/mol. The normalized spacial score (nSPS) is 10.6. The molecule has 5 nitrogen and oxygen atoms in total. The van der Waals surface area contributed by atoms with Crippen LogP contribution in [-0.2, 0) is 4.79 Å². The molecule has 0 bridgehead atoms. The molecular weight excluding hydrogens is 218 g/mol. The molecule has 0 atom stereocenters. The summed E-state index contributed by atoms with van der Waals surface area (Å²) in [6.45, 7) is 6.69. The number of aliphatic carboxylic acids is 1. The second-order valence-corrected chi connectivity index (χ2v) is 4.34. The summed E-state index contributed by atoms with van der Waals surface area (Å²) >= 11 is 0. The van der Waals surface area contributed by atoms with Crippen LogP contribution in [0.1, 0.15) is 32.3 Å². The summed E-state index contributed by atoms with van der Waals surface area (Å²) in [6.07, 6.45) is 4.32. The third kappa shape index (κ3) is 4.38. The Bertz CT molecular complexity index is 363. The summed E-state index contributed by atoms with van der Waals surface area (Å²) in [6, 6.07) is 0.256. The molecular formula is C12H19N3O2. The summed E-state index contributed by atoms with van der Waals surface area (Å²) in [4.78, 5) is 21.0. The van der Waals surface area contributed by atoms with E-state index in [2.05, 4.69) is 9.97 Å². The van der Waals surface area contributed by atoms with Gasteiger partial charge in [-0.15, -0.1) is 0 Å². The zero-order valence-electron chi connectivity index (χ0n) is 10.6. The van der Waals surface area contributed by atoms with Crippen molar-refractivity contribution in [3.63, 3.8) is 0 Å². The maximum atomic E-state index is 10.5. The number of nitrogens with zero attached hydrogens (tertiary/aromatic N) is 3. The van der Waals surface area contributed by atoms with Crippen LogP contribution in [0.2, 0.25) is 0 Å². The topological polar surface area (TPSA) is 66.3 Å². The summed E-state index contributed by atoms with van der Waals surface area (Å²) < 4.78 is 0. The fourth-order valence-electron chi connectivity index (χ4n) is 1.52. The molecule has 0 fully saturated rings. The van der Waals surface area contributed by atoms with Gasteiger partial charge in [0, 0.05) is 31.4 Å². The van der Waals surface area contributed by atoms with Crippen molar-refractivity contribution < 1.29 is 9.90 Å². The number of carbonyl (C=O) groups is 1. The van der Waals surface area contributed by atoms with Crippen molar-refractivity contribution in [3.05, 3.63) is 18.0 Å². The molecule has 1 heterocycles. The van der Waals surface area contributed by atoms with Gasteiger partial charge in [-0.25, -0.2) is 9.97 Å². The maximum Gasteiger partial charge on any atom is 0.303 e. The predicted molar refractivity (Wildman–Crippen MR) is 66.1 cm³/mol. The number of rotatable bonds is 6. The highest BCUT2D eigenvalue weighted by molar-refractivity contribution is 5.66. The van der Waals surface area contributed by atoms with E-state index in [1.54, 1.807) is 12.4 Å². The van der Waals surface area contributed by atoms with Gasteiger partial charge in [0.2, 0.25) is 5.95 Å². The smallest absolute Gasteiger partial charge is 0.303 e. The lowest BCUT2D eigenvalue weighted by molar-refractivity contribution is -0.137. The van der Waals surface area contributed by atoms with Crippen LogP contribution >= 0.6 is 0 Å². The zero-order chi connectivity index (χ0) is 12.8. The predicted octanol–water partition coefficient (Wildman–Crippen LogP) is 1.86. The Morgan fingerprint density at radius 3 is 2.47 bits per heavy atom. The van der Waals surface area contributed by atoms with E-state index in [0.717, 1.165) is 5.56 Å². The van der Waals surface area contributed by atoms with Crippen LogP contribution in [0.5, 0.6) is 0 Å². The van der Waals surface area contributed by atoms with Gasteiger partial charge < -0.3 is 10.0 Å². The molecule has 1 aromatic rings. The van der Waals surface area contributed by atoms with Gasteiger partial charge in [0.05, 0.1) is 0 Å². The number of hydrogen-bond acceptors (Lipinski definition) is 4. The number of aromatic nitrogens is 2. The summed E-state index contributed by atoms with van der Waals surface area (Å²) in [7, 11) is 0. The highest BCUT2D eigenvalue weighted by Gasteiger charge is 2.13. The third-order valence-corrected chi connectivity index (χ3v) is 2.44. The fraction of sp³-hybridized carbons (Fsp3) is 0.583. The minimum absolute atomic E-state index is 0.176. The highest BCUT2D eigenvalue weighted by Crippen LogP contribution is 2.12. The molecule has 0 radical (unpaired) electrons. The van der Waals surface area contributed by atoms with E-state index in [-0.39, 0.29) is 12.5 Å². The van der Waals surface area contributed by atoms with Gasteiger partial charge in [0.15, 0.2) is 0 Å². The lowest BCUT2D eigenvalue weighted by Gasteiger charge is -2.26. The molecule has 1 aromatic heterocycles. The Labute approximate surface area is 102 Å². The van der Waals surface area contributed by atoms with Gasteiger partial charge in [-0.05, 0) is 32.8 Å². The van der Waals surface area contributed by atoms with Crippen LogP contribution in [0.3, 0.4) is 0 Å². The lowest BCUT2D eigenvalue weighted by Crippen LogP contribution is -2.33. The average molecular weight is 237 g/mol. The molecule has 5 heteroatoms. The third-order valence-electron chi connectivity index (χ3n) is 2.44. The van der Waals surface area contributed by atoms with Crippen molar-refractivity contribution in [2.75, 3.05) is 11.4 Å². The molecule has 94 valence electrons. The lowest BCUT2D eigenvalue weighted by atomic mass is 10.2. The molecule has 0 saturated heterocycles. The Hall–Kier alpha value is -1.65. The van der Waals surface area contributed by atoms with Crippen LogP contribution in [0.25, 0.3) is 0 Å². The van der Waals surface area contributed by atoms with Crippen molar-refractivity contribution in [2.45, 2.75) is 39.7 Å². The Balaban J connectivity index is 2.65. The van der Waals surface area contributed by atoms with Gasteiger partial charge in [0.1, 0.15) is 0 Å². The second kappa shape index (κ2) is 6.18. The molecule has 17 heavy (non-hydrogen) atoms. The van der Waals surface area contributed by atoms with Crippen molar-refractivity contribution in [3.8, 4) is 0 Å². The largest absolute Gasteiger partial charge is 0.481 e. The van der Waals surface area contributed by atoms with Gasteiger partial charge in [-0.1, -0.05) is 0 Å². The number of aryl methyl sites for hydroxylation is 1. The summed E-state index contributed by atoms with van der Waals surface area (Å²) in [5.74, 6) is -0.102. The first-order valence-electron chi connectivity index (χ1n) is 5.77. The van der Waals surface area contributed by atoms with E-state index in [4.69, 9.17) is 5.11 Å². The minimum atomic E-state index is -0.765. The van der Waals surface area contributed by atoms with Crippen molar-refractivity contribution in [1.29, 1.82) is 0 Å². The van der Waals surface area contributed by atoms with Gasteiger partial charge >= 0.3 is 5.97 Å². The number of hydrogen-bond donors (Lipinski definition) is 1. The van der Waals surface area contributed by atoms with Crippen LogP contribution in [0.4, 0.5) is 5.95 Å². The minimum Gasteiger partial charge on any atom is -0.481 e. The molecule has 0 spiro atoms. The molecule has 0 aromatic carbocycles.